The van der Waals surface area contributed by atoms with E-state index in [2.05, 4.69) is 0 Å². The van der Waals surface area contributed by atoms with Crippen molar-refractivity contribution in [1.82, 2.24) is 0 Å². The molecule has 6 nitrogen and oxygen atoms in total. The molecule has 0 fully saturated rings. The maximum absolute atomic E-state index is 13.2. The highest BCUT2D eigenvalue weighted by atomic mass is 16.5. The SMILES string of the molecule is CCOc1ccc(C(=O)CN(C2=NCCCCC2)c2cc(OC)ccc2OC)cc1. The molecule has 0 aromatic heterocycles. The van der Waals surface area contributed by atoms with Crippen LogP contribution in [0.1, 0.15) is 43.0 Å². The van der Waals surface area contributed by atoms with Gasteiger partial charge in [0.25, 0.3) is 0 Å². The van der Waals surface area contributed by atoms with Crippen molar-refractivity contribution < 1.29 is 19.0 Å². The first-order chi connectivity index (χ1) is 14.7. The molecule has 2 aromatic rings. The molecule has 2 aromatic carbocycles. The van der Waals surface area contributed by atoms with Gasteiger partial charge in [-0.3, -0.25) is 9.79 Å². The summed E-state index contributed by atoms with van der Waals surface area (Å²) in [7, 11) is 3.26. The molecule has 0 radical (unpaired) electrons. The lowest BCUT2D eigenvalue weighted by atomic mass is 10.1. The van der Waals surface area contributed by atoms with Crippen LogP contribution in [0.3, 0.4) is 0 Å². The van der Waals surface area contributed by atoms with Crippen LogP contribution in [0.5, 0.6) is 17.2 Å². The molecule has 6 heteroatoms. The van der Waals surface area contributed by atoms with Crippen molar-refractivity contribution in [2.75, 3.05) is 38.8 Å². The Morgan fingerprint density at radius 3 is 2.47 bits per heavy atom. The van der Waals surface area contributed by atoms with E-state index >= 15 is 0 Å². The van der Waals surface area contributed by atoms with E-state index in [9.17, 15) is 4.79 Å². The number of carbonyl (C=O) groups excluding carboxylic acids is 1. The predicted octanol–water partition coefficient (Wildman–Crippen LogP) is 4.76. The Kier molecular flexibility index (Phi) is 7.71. The number of Topliss-reactive ketones (excluding diaryl/α,β-unsaturated/α-hetero) is 1. The minimum Gasteiger partial charge on any atom is -0.497 e. The Balaban J connectivity index is 1.94. The number of methoxy groups -OCH3 is 2. The van der Waals surface area contributed by atoms with Crippen LogP contribution in [-0.2, 0) is 0 Å². The van der Waals surface area contributed by atoms with Gasteiger partial charge in [0.05, 0.1) is 33.1 Å². The minimum absolute atomic E-state index is 0.00914. The number of hydrogen-bond acceptors (Lipinski definition) is 6. The van der Waals surface area contributed by atoms with Gasteiger partial charge in [0.2, 0.25) is 0 Å². The van der Waals surface area contributed by atoms with Crippen molar-refractivity contribution in [3.8, 4) is 17.2 Å². The average Bonchev–Trinajstić information content (AvgIpc) is 3.07. The van der Waals surface area contributed by atoms with E-state index in [-0.39, 0.29) is 12.3 Å². The molecule has 0 aliphatic carbocycles. The Bertz CT molecular complexity index is 877. The smallest absolute Gasteiger partial charge is 0.182 e. The molecule has 0 unspecified atom stereocenters. The molecule has 0 saturated heterocycles. The van der Waals surface area contributed by atoms with E-state index in [0.717, 1.165) is 49.5 Å². The Labute approximate surface area is 178 Å². The molecule has 3 rings (SSSR count). The van der Waals surface area contributed by atoms with E-state index in [1.54, 1.807) is 14.2 Å². The first-order valence-electron chi connectivity index (χ1n) is 10.4. The lowest BCUT2D eigenvalue weighted by Gasteiger charge is -2.27. The Hall–Kier alpha value is -3.02. The van der Waals surface area contributed by atoms with Crippen LogP contribution in [0.25, 0.3) is 0 Å². The second-order valence-corrected chi connectivity index (χ2v) is 7.11. The maximum atomic E-state index is 13.2. The van der Waals surface area contributed by atoms with Crippen molar-refractivity contribution in [3.63, 3.8) is 0 Å². The summed E-state index contributed by atoms with van der Waals surface area (Å²) in [5, 5.41) is 0. The van der Waals surface area contributed by atoms with E-state index in [1.807, 2.05) is 54.3 Å². The third-order valence-electron chi connectivity index (χ3n) is 5.13. The van der Waals surface area contributed by atoms with Gasteiger partial charge in [-0.25, -0.2) is 0 Å². The standard InChI is InChI=1S/C24H30N2O4/c1-4-30-19-11-9-18(10-12-19)22(27)17-26(24-8-6-5-7-15-25-24)21-16-20(28-2)13-14-23(21)29-3/h9-14,16H,4-8,15,17H2,1-3H3. The second-order valence-electron chi connectivity index (χ2n) is 7.11. The van der Waals surface area contributed by atoms with E-state index < -0.39 is 0 Å². The summed E-state index contributed by atoms with van der Waals surface area (Å²) in [5.41, 5.74) is 1.43. The third-order valence-corrected chi connectivity index (χ3v) is 5.13. The van der Waals surface area contributed by atoms with Crippen molar-refractivity contribution in [2.45, 2.75) is 32.6 Å². The highest BCUT2D eigenvalue weighted by Gasteiger charge is 2.23. The number of ether oxygens (including phenoxy) is 3. The number of ketones is 1. The summed E-state index contributed by atoms with van der Waals surface area (Å²) in [6.45, 7) is 3.48. The van der Waals surface area contributed by atoms with Gasteiger partial charge < -0.3 is 19.1 Å². The number of rotatable bonds is 8. The van der Waals surface area contributed by atoms with Gasteiger partial charge in [-0.1, -0.05) is 6.42 Å². The molecule has 1 aliphatic rings. The number of amidine groups is 1. The summed E-state index contributed by atoms with van der Waals surface area (Å²) in [6.07, 6.45) is 4.10. The molecule has 0 amide bonds. The lowest BCUT2D eigenvalue weighted by molar-refractivity contribution is 0.100. The van der Waals surface area contributed by atoms with Gasteiger partial charge in [-0.2, -0.15) is 0 Å². The van der Waals surface area contributed by atoms with Crippen LogP contribution in [0, 0.1) is 0 Å². The zero-order chi connectivity index (χ0) is 21.3. The Morgan fingerprint density at radius 2 is 1.77 bits per heavy atom. The molecule has 0 spiro atoms. The zero-order valence-electron chi connectivity index (χ0n) is 18.0. The molecule has 160 valence electrons. The number of carbonyl (C=O) groups is 1. The number of hydrogen-bond donors (Lipinski definition) is 0. The normalized spacial score (nSPS) is 13.8. The topological polar surface area (TPSA) is 60.4 Å². The molecule has 0 atom stereocenters. The van der Waals surface area contributed by atoms with Crippen LogP contribution in [0.2, 0.25) is 0 Å². The fourth-order valence-corrected chi connectivity index (χ4v) is 3.54. The van der Waals surface area contributed by atoms with Crippen molar-refractivity contribution in [1.29, 1.82) is 0 Å². The summed E-state index contributed by atoms with van der Waals surface area (Å²) in [4.78, 5) is 19.9. The van der Waals surface area contributed by atoms with Gasteiger partial charge >= 0.3 is 0 Å². The molecule has 0 bridgehead atoms. The number of anilines is 1. The fraction of sp³-hybridized carbons (Fsp3) is 0.417. The first-order valence-corrected chi connectivity index (χ1v) is 10.4. The molecule has 30 heavy (non-hydrogen) atoms. The fourth-order valence-electron chi connectivity index (χ4n) is 3.54. The zero-order valence-corrected chi connectivity index (χ0v) is 18.0. The summed E-state index contributed by atoms with van der Waals surface area (Å²) in [6, 6.07) is 12.9. The van der Waals surface area contributed by atoms with Crippen molar-refractivity contribution >= 4 is 17.3 Å². The molecule has 0 saturated carbocycles. The number of nitrogens with zero attached hydrogens (tertiary/aromatic N) is 2. The second kappa shape index (κ2) is 10.7. The highest BCUT2D eigenvalue weighted by molar-refractivity contribution is 6.08. The van der Waals surface area contributed by atoms with E-state index in [0.29, 0.717) is 23.7 Å². The summed E-state index contributed by atoms with van der Waals surface area (Å²) >= 11 is 0. The average molecular weight is 411 g/mol. The molecule has 1 heterocycles. The quantitative estimate of drug-likeness (QED) is 0.587. The molecular formula is C24H30N2O4. The van der Waals surface area contributed by atoms with Gasteiger partial charge in [-0.05, 0) is 56.2 Å². The minimum atomic E-state index is 0.00914. The number of benzene rings is 2. The van der Waals surface area contributed by atoms with Crippen LogP contribution in [0.4, 0.5) is 5.69 Å². The largest absolute Gasteiger partial charge is 0.497 e. The molecular weight excluding hydrogens is 380 g/mol. The van der Waals surface area contributed by atoms with Gasteiger partial charge in [0.1, 0.15) is 23.1 Å². The van der Waals surface area contributed by atoms with Crippen LogP contribution >= 0.6 is 0 Å². The summed E-state index contributed by atoms with van der Waals surface area (Å²) in [5.74, 6) is 3.07. The molecule has 1 aliphatic heterocycles. The Morgan fingerprint density at radius 1 is 1.00 bits per heavy atom. The van der Waals surface area contributed by atoms with Crippen LogP contribution < -0.4 is 19.1 Å². The van der Waals surface area contributed by atoms with Crippen molar-refractivity contribution in [2.24, 2.45) is 4.99 Å². The van der Waals surface area contributed by atoms with E-state index in [4.69, 9.17) is 19.2 Å². The highest BCUT2D eigenvalue weighted by Crippen LogP contribution is 2.34. The summed E-state index contributed by atoms with van der Waals surface area (Å²) < 4.78 is 16.5. The van der Waals surface area contributed by atoms with Crippen molar-refractivity contribution in [3.05, 3.63) is 48.0 Å². The van der Waals surface area contributed by atoms with Crippen LogP contribution in [0.15, 0.2) is 47.5 Å². The van der Waals surface area contributed by atoms with Crippen LogP contribution in [-0.4, -0.2) is 45.5 Å². The number of aliphatic imine (C=N–C) groups is 1. The monoisotopic (exact) mass is 410 g/mol. The van der Waals surface area contributed by atoms with Gasteiger partial charge in [0.15, 0.2) is 5.78 Å². The van der Waals surface area contributed by atoms with Gasteiger partial charge in [-0.15, -0.1) is 0 Å². The van der Waals surface area contributed by atoms with E-state index in [1.165, 1.54) is 0 Å². The predicted molar refractivity (Wildman–Crippen MR) is 120 cm³/mol. The lowest BCUT2D eigenvalue weighted by Crippen LogP contribution is -2.36. The third kappa shape index (κ3) is 5.32. The van der Waals surface area contributed by atoms with Gasteiger partial charge in [0, 0.05) is 24.6 Å². The maximum Gasteiger partial charge on any atom is 0.182 e. The first kappa shape index (κ1) is 21.7. The molecule has 0 N–H and O–H groups in total.